The molecule has 2 N–H and O–H groups in total. The second-order valence-electron chi connectivity index (χ2n) is 5.58. The van der Waals surface area contributed by atoms with Crippen LogP contribution in [0.1, 0.15) is 32.6 Å². The number of rotatable bonds is 5. The smallest absolute Gasteiger partial charge is 0.308 e. The predicted molar refractivity (Wildman–Crippen MR) is 86.2 cm³/mol. The highest BCUT2D eigenvalue weighted by molar-refractivity contribution is 9.10. The Morgan fingerprint density at radius 1 is 1.43 bits per heavy atom. The van der Waals surface area contributed by atoms with E-state index < -0.39 is 5.60 Å². The number of carbonyl (C=O) groups excluding carboxylic acids is 1. The van der Waals surface area contributed by atoms with E-state index in [0.717, 1.165) is 10.2 Å². The summed E-state index contributed by atoms with van der Waals surface area (Å²) < 4.78 is 6.03. The molecule has 1 aromatic rings. The summed E-state index contributed by atoms with van der Waals surface area (Å²) in [5.41, 5.74) is 0.219. The Bertz CT molecular complexity index is 484. The van der Waals surface area contributed by atoms with Crippen LogP contribution in [-0.4, -0.2) is 29.8 Å². The molecule has 2 rings (SSSR count). The molecule has 1 aliphatic carbocycles. The highest BCUT2D eigenvalue weighted by Crippen LogP contribution is 2.33. The standard InChI is InChI=1S/C16H22BrNO3/c1-2-21-15(19)12-7-9-16(20,10-8-12)11-18-14-6-4-3-5-13(14)17/h3-6,12,18,20H,2,7-11H2,1H3. The molecule has 116 valence electrons. The normalized spacial score (nSPS) is 25.4. The fourth-order valence-corrected chi connectivity index (χ4v) is 3.12. The summed E-state index contributed by atoms with van der Waals surface area (Å²) in [6.45, 7) is 2.73. The van der Waals surface area contributed by atoms with Crippen LogP contribution in [0.5, 0.6) is 0 Å². The maximum atomic E-state index is 11.7. The van der Waals surface area contributed by atoms with Gasteiger partial charge in [0.05, 0.1) is 18.1 Å². The molecule has 5 heteroatoms. The highest BCUT2D eigenvalue weighted by atomic mass is 79.9. The molecule has 1 fully saturated rings. The topological polar surface area (TPSA) is 58.6 Å². The van der Waals surface area contributed by atoms with E-state index in [0.29, 0.717) is 38.8 Å². The van der Waals surface area contributed by atoms with Crippen LogP contribution < -0.4 is 5.32 Å². The third-order valence-corrected chi connectivity index (χ3v) is 4.71. The summed E-state index contributed by atoms with van der Waals surface area (Å²) in [4.78, 5) is 11.7. The third kappa shape index (κ3) is 4.45. The van der Waals surface area contributed by atoms with Gasteiger partial charge in [0.25, 0.3) is 0 Å². The first-order valence-corrected chi connectivity index (χ1v) is 8.21. The Balaban J connectivity index is 1.85. The monoisotopic (exact) mass is 355 g/mol. The van der Waals surface area contributed by atoms with Gasteiger partial charge >= 0.3 is 5.97 Å². The first kappa shape index (κ1) is 16.3. The zero-order valence-electron chi connectivity index (χ0n) is 12.3. The lowest BCUT2D eigenvalue weighted by Gasteiger charge is -2.35. The van der Waals surface area contributed by atoms with Gasteiger partial charge in [-0.05, 0) is 60.7 Å². The van der Waals surface area contributed by atoms with Gasteiger partial charge in [0, 0.05) is 16.7 Å². The van der Waals surface area contributed by atoms with Gasteiger partial charge in [-0.2, -0.15) is 0 Å². The number of ether oxygens (including phenoxy) is 1. The molecule has 1 aromatic carbocycles. The van der Waals surface area contributed by atoms with E-state index in [1.807, 2.05) is 31.2 Å². The maximum absolute atomic E-state index is 11.7. The van der Waals surface area contributed by atoms with E-state index in [1.54, 1.807) is 0 Å². The number of anilines is 1. The number of carbonyl (C=O) groups is 1. The van der Waals surface area contributed by atoms with Crippen molar-refractivity contribution in [2.45, 2.75) is 38.2 Å². The van der Waals surface area contributed by atoms with Gasteiger partial charge < -0.3 is 15.2 Å². The molecule has 0 radical (unpaired) electrons. The molecule has 0 heterocycles. The molecular formula is C16H22BrNO3. The molecule has 1 aliphatic rings. The fraction of sp³-hybridized carbons (Fsp3) is 0.562. The summed E-state index contributed by atoms with van der Waals surface area (Å²) in [5.74, 6) is -0.188. The summed E-state index contributed by atoms with van der Waals surface area (Å²) >= 11 is 3.48. The predicted octanol–water partition coefficient (Wildman–Crippen LogP) is 3.35. The van der Waals surface area contributed by atoms with E-state index >= 15 is 0 Å². The third-order valence-electron chi connectivity index (χ3n) is 4.02. The van der Waals surface area contributed by atoms with Crippen molar-refractivity contribution in [1.82, 2.24) is 0 Å². The van der Waals surface area contributed by atoms with E-state index in [1.165, 1.54) is 0 Å². The largest absolute Gasteiger partial charge is 0.466 e. The van der Waals surface area contributed by atoms with Crippen LogP contribution in [0.4, 0.5) is 5.69 Å². The zero-order valence-corrected chi connectivity index (χ0v) is 13.9. The number of esters is 1. The molecule has 0 atom stereocenters. The first-order chi connectivity index (χ1) is 10.0. The number of benzene rings is 1. The average molecular weight is 356 g/mol. The molecule has 0 bridgehead atoms. The van der Waals surface area contributed by atoms with Gasteiger partial charge in [-0.1, -0.05) is 12.1 Å². The summed E-state index contributed by atoms with van der Waals surface area (Å²) in [7, 11) is 0. The molecule has 1 saturated carbocycles. The number of nitrogens with one attached hydrogen (secondary N) is 1. The highest BCUT2D eigenvalue weighted by Gasteiger charge is 2.36. The van der Waals surface area contributed by atoms with Gasteiger partial charge in [-0.25, -0.2) is 0 Å². The van der Waals surface area contributed by atoms with Crippen molar-refractivity contribution < 1.29 is 14.6 Å². The maximum Gasteiger partial charge on any atom is 0.308 e. The van der Waals surface area contributed by atoms with Crippen LogP contribution >= 0.6 is 15.9 Å². The number of hydrogen-bond donors (Lipinski definition) is 2. The fourth-order valence-electron chi connectivity index (χ4n) is 2.69. The minimum atomic E-state index is -0.752. The van der Waals surface area contributed by atoms with E-state index in [9.17, 15) is 9.90 Å². The Labute approximate surface area is 134 Å². The molecule has 0 unspecified atom stereocenters. The van der Waals surface area contributed by atoms with E-state index in [4.69, 9.17) is 4.74 Å². The molecular weight excluding hydrogens is 334 g/mol. The summed E-state index contributed by atoms with van der Waals surface area (Å²) in [5, 5.41) is 13.9. The van der Waals surface area contributed by atoms with E-state index in [-0.39, 0.29) is 11.9 Å². The van der Waals surface area contributed by atoms with Gasteiger partial charge in [0.15, 0.2) is 0 Å². The molecule has 4 nitrogen and oxygen atoms in total. The second kappa shape index (κ2) is 7.27. The SMILES string of the molecule is CCOC(=O)C1CCC(O)(CNc2ccccc2Br)CC1. The molecule has 21 heavy (non-hydrogen) atoms. The van der Waals surface area contributed by atoms with Crippen molar-refractivity contribution in [2.24, 2.45) is 5.92 Å². The van der Waals surface area contributed by atoms with Crippen LogP contribution in [0.25, 0.3) is 0 Å². The van der Waals surface area contributed by atoms with Crippen molar-refractivity contribution in [2.75, 3.05) is 18.5 Å². The lowest BCUT2D eigenvalue weighted by molar-refractivity contribution is -0.150. The van der Waals surface area contributed by atoms with Crippen molar-refractivity contribution in [3.05, 3.63) is 28.7 Å². The van der Waals surface area contributed by atoms with Crippen LogP contribution in [0.2, 0.25) is 0 Å². The molecule has 0 amide bonds. The number of para-hydroxylation sites is 1. The van der Waals surface area contributed by atoms with Gasteiger partial charge in [0.1, 0.15) is 0 Å². The number of halogens is 1. The number of hydrogen-bond acceptors (Lipinski definition) is 4. The zero-order chi connectivity index (χ0) is 15.3. The Morgan fingerprint density at radius 2 is 2.10 bits per heavy atom. The Kier molecular flexibility index (Phi) is 5.65. The quantitative estimate of drug-likeness (QED) is 0.795. The van der Waals surface area contributed by atoms with Gasteiger partial charge in [0.2, 0.25) is 0 Å². The number of aliphatic hydroxyl groups is 1. The van der Waals surface area contributed by atoms with Crippen molar-refractivity contribution in [3.8, 4) is 0 Å². The summed E-state index contributed by atoms with van der Waals surface area (Å²) in [6, 6.07) is 7.84. The molecule has 0 spiro atoms. The van der Waals surface area contributed by atoms with Crippen LogP contribution in [-0.2, 0) is 9.53 Å². The van der Waals surface area contributed by atoms with Crippen LogP contribution in [0.15, 0.2) is 28.7 Å². The van der Waals surface area contributed by atoms with Crippen molar-refractivity contribution in [1.29, 1.82) is 0 Å². The molecule has 0 aromatic heterocycles. The second-order valence-corrected chi connectivity index (χ2v) is 6.44. The minimum absolute atomic E-state index is 0.0614. The van der Waals surface area contributed by atoms with Gasteiger partial charge in [-0.15, -0.1) is 0 Å². The van der Waals surface area contributed by atoms with E-state index in [2.05, 4.69) is 21.2 Å². The average Bonchev–Trinajstić information content (AvgIpc) is 2.47. The minimum Gasteiger partial charge on any atom is -0.466 e. The van der Waals surface area contributed by atoms with Crippen molar-refractivity contribution in [3.63, 3.8) is 0 Å². The lowest BCUT2D eigenvalue weighted by Crippen LogP contribution is -2.42. The molecule has 0 saturated heterocycles. The van der Waals surface area contributed by atoms with Gasteiger partial charge in [-0.3, -0.25) is 4.79 Å². The molecule has 0 aliphatic heterocycles. The van der Waals surface area contributed by atoms with Crippen molar-refractivity contribution >= 4 is 27.6 Å². The van der Waals surface area contributed by atoms with Crippen LogP contribution in [0.3, 0.4) is 0 Å². The Morgan fingerprint density at radius 3 is 2.71 bits per heavy atom. The Hall–Kier alpha value is -1.07. The summed E-state index contributed by atoms with van der Waals surface area (Å²) in [6.07, 6.45) is 2.61. The van der Waals surface area contributed by atoms with Crippen LogP contribution in [0, 0.1) is 5.92 Å². The first-order valence-electron chi connectivity index (χ1n) is 7.41. The lowest BCUT2D eigenvalue weighted by atomic mass is 9.78.